The van der Waals surface area contributed by atoms with E-state index in [9.17, 15) is 14.4 Å². The number of hydrogen-bond donors (Lipinski definition) is 2. The van der Waals surface area contributed by atoms with E-state index in [0.29, 0.717) is 31.7 Å². The van der Waals surface area contributed by atoms with Crippen molar-refractivity contribution in [3.8, 4) is 5.75 Å². The molecule has 0 unspecified atom stereocenters. The number of esters is 1. The van der Waals surface area contributed by atoms with Crippen molar-refractivity contribution in [2.45, 2.75) is 24.8 Å². The highest BCUT2D eigenvalue weighted by Gasteiger charge is 2.29. The van der Waals surface area contributed by atoms with Gasteiger partial charge in [-0.25, -0.2) is 14.6 Å². The summed E-state index contributed by atoms with van der Waals surface area (Å²) in [6.07, 6.45) is 1.45. The third kappa shape index (κ3) is 7.27. The number of piperazine rings is 1. The first-order valence-electron chi connectivity index (χ1n) is 12.2. The fourth-order valence-electron chi connectivity index (χ4n) is 4.08. The number of pyridine rings is 1. The highest BCUT2D eigenvalue weighted by molar-refractivity contribution is 8.00. The lowest BCUT2D eigenvalue weighted by Gasteiger charge is -2.34. The van der Waals surface area contributed by atoms with Crippen LogP contribution in [0.3, 0.4) is 0 Å². The van der Waals surface area contributed by atoms with E-state index in [1.54, 1.807) is 36.2 Å². The maximum absolute atomic E-state index is 12.7. The minimum atomic E-state index is -0.865. The van der Waals surface area contributed by atoms with Gasteiger partial charge >= 0.3 is 12.1 Å². The Bertz CT molecular complexity index is 1090. The fraction of sp³-hybridized carbons (Fsp3) is 0.440. The molecule has 1 aromatic heterocycles. The normalized spacial score (nSPS) is 18.3. The maximum atomic E-state index is 12.7. The molecule has 2 fully saturated rings. The van der Waals surface area contributed by atoms with Gasteiger partial charge in [0.15, 0.2) is 5.75 Å². The molecule has 4 rings (SSSR count). The van der Waals surface area contributed by atoms with Gasteiger partial charge in [0, 0.05) is 51.1 Å². The van der Waals surface area contributed by atoms with Crippen molar-refractivity contribution in [1.82, 2.24) is 20.5 Å². The number of aromatic nitrogens is 1. The molecule has 1 aromatic carbocycles. The fourth-order valence-corrected chi connectivity index (χ4v) is 5.25. The Balaban J connectivity index is 1.34. The monoisotopic (exact) mass is 547 g/mol. The zero-order valence-corrected chi connectivity index (χ0v) is 22.1. The molecule has 2 aliphatic rings. The van der Waals surface area contributed by atoms with Crippen molar-refractivity contribution < 1.29 is 23.9 Å². The quantitative estimate of drug-likeness (QED) is 0.481. The molecule has 0 bridgehead atoms. The molecule has 2 saturated heterocycles. The minimum Gasteiger partial charge on any atom is -0.464 e. The van der Waals surface area contributed by atoms with Gasteiger partial charge in [-0.05, 0) is 36.8 Å². The summed E-state index contributed by atoms with van der Waals surface area (Å²) in [5, 5.41) is 5.71. The number of benzene rings is 1. The van der Waals surface area contributed by atoms with E-state index in [1.807, 2.05) is 18.2 Å². The first-order chi connectivity index (χ1) is 17.9. The summed E-state index contributed by atoms with van der Waals surface area (Å²) in [6.45, 7) is 4.95. The van der Waals surface area contributed by atoms with E-state index in [1.165, 1.54) is 11.8 Å². The molecule has 3 heterocycles. The number of hydrogen-bond acceptors (Lipinski definition) is 9. The van der Waals surface area contributed by atoms with Gasteiger partial charge < -0.3 is 24.6 Å². The first-order valence-corrected chi connectivity index (χ1v) is 13.6. The molecule has 37 heavy (non-hydrogen) atoms. The summed E-state index contributed by atoms with van der Waals surface area (Å²) in [6, 6.07) is 9.82. The van der Waals surface area contributed by atoms with Crippen LogP contribution in [0.5, 0.6) is 5.75 Å². The van der Waals surface area contributed by atoms with Gasteiger partial charge in [-0.3, -0.25) is 10.1 Å². The van der Waals surface area contributed by atoms with Crippen molar-refractivity contribution in [2.24, 2.45) is 0 Å². The second-order valence-corrected chi connectivity index (χ2v) is 10.1. The Kier molecular flexibility index (Phi) is 9.48. The number of halogens is 1. The summed E-state index contributed by atoms with van der Waals surface area (Å²) in [5.74, 6) is 1.16. The zero-order valence-electron chi connectivity index (χ0n) is 20.5. The summed E-state index contributed by atoms with van der Waals surface area (Å²) in [5.41, 5.74) is 0.694. The molecule has 2 aliphatic heterocycles. The van der Waals surface area contributed by atoms with Gasteiger partial charge in [0.05, 0.1) is 11.6 Å². The number of ether oxygens (including phenoxy) is 2. The molecule has 2 aromatic rings. The number of carbonyl (C=O) groups is 3. The van der Waals surface area contributed by atoms with Crippen LogP contribution in [0.2, 0.25) is 5.02 Å². The Morgan fingerprint density at radius 2 is 2.03 bits per heavy atom. The van der Waals surface area contributed by atoms with Crippen LogP contribution in [0.1, 0.15) is 12.5 Å². The van der Waals surface area contributed by atoms with Crippen LogP contribution in [0.15, 0.2) is 42.6 Å². The smallest absolute Gasteiger partial charge is 0.415 e. The van der Waals surface area contributed by atoms with Crippen molar-refractivity contribution in [2.75, 3.05) is 50.0 Å². The molecule has 2 amide bonds. The topological polar surface area (TPSA) is 113 Å². The van der Waals surface area contributed by atoms with Gasteiger partial charge in [-0.15, -0.1) is 11.8 Å². The van der Waals surface area contributed by atoms with E-state index in [0.717, 1.165) is 18.1 Å². The van der Waals surface area contributed by atoms with E-state index >= 15 is 0 Å². The van der Waals surface area contributed by atoms with Gasteiger partial charge in [0.25, 0.3) is 0 Å². The van der Waals surface area contributed by atoms with Crippen LogP contribution >= 0.6 is 23.4 Å². The molecule has 198 valence electrons. The Labute approximate surface area is 225 Å². The van der Waals surface area contributed by atoms with Crippen molar-refractivity contribution in [1.29, 1.82) is 0 Å². The van der Waals surface area contributed by atoms with Crippen LogP contribution in [0.4, 0.5) is 10.6 Å². The van der Waals surface area contributed by atoms with E-state index < -0.39 is 23.5 Å². The highest BCUT2D eigenvalue weighted by Crippen LogP contribution is 2.27. The van der Waals surface area contributed by atoms with Crippen molar-refractivity contribution >= 4 is 47.2 Å². The average molecular weight is 548 g/mol. The lowest BCUT2D eigenvalue weighted by molar-refractivity contribution is -0.147. The molecule has 0 saturated carbocycles. The van der Waals surface area contributed by atoms with Gasteiger partial charge in [-0.2, -0.15) is 0 Å². The molecule has 0 radical (unpaired) electrons. The third-order valence-electron chi connectivity index (χ3n) is 5.99. The molecular weight excluding hydrogens is 518 g/mol. The largest absolute Gasteiger partial charge is 0.464 e. The standard InChI is InChI=1S/C25H30ClN5O5S/c1-2-35-24(33)19(29-22(32)23-28-9-14-37-23)16-17-6-7-20(18(26)15-17)36-25(34)31-12-10-30(11-13-31)21-5-3-4-8-27-21/h3-8,15,19,23,28H,2,9-14,16H2,1H3,(H,29,32)/t19-,23-/m0/s1. The van der Waals surface area contributed by atoms with Crippen LogP contribution in [-0.4, -0.2) is 84.4 Å². The lowest BCUT2D eigenvalue weighted by Crippen LogP contribution is -2.49. The number of rotatable bonds is 8. The average Bonchev–Trinajstić information content (AvgIpc) is 3.46. The van der Waals surface area contributed by atoms with Crippen LogP contribution < -0.4 is 20.3 Å². The van der Waals surface area contributed by atoms with E-state index in [-0.39, 0.29) is 29.7 Å². The molecule has 2 N–H and O–H groups in total. The molecular formula is C25H30ClN5O5S. The molecule has 0 aliphatic carbocycles. The number of amides is 2. The second-order valence-electron chi connectivity index (χ2n) is 8.52. The first kappa shape index (κ1) is 27.0. The molecule has 10 nitrogen and oxygen atoms in total. The summed E-state index contributed by atoms with van der Waals surface area (Å²) in [4.78, 5) is 45.9. The third-order valence-corrected chi connectivity index (χ3v) is 7.44. The molecule has 2 atom stereocenters. The van der Waals surface area contributed by atoms with Crippen LogP contribution in [0.25, 0.3) is 0 Å². The maximum Gasteiger partial charge on any atom is 0.415 e. The van der Waals surface area contributed by atoms with Gasteiger partial charge in [-0.1, -0.05) is 23.7 Å². The minimum absolute atomic E-state index is 0.186. The van der Waals surface area contributed by atoms with Crippen LogP contribution in [-0.2, 0) is 20.7 Å². The number of carbonyl (C=O) groups excluding carboxylic acids is 3. The van der Waals surface area contributed by atoms with E-state index in [2.05, 4.69) is 20.5 Å². The Hall–Kier alpha value is -3.02. The lowest BCUT2D eigenvalue weighted by atomic mass is 10.1. The van der Waals surface area contributed by atoms with Gasteiger partial charge in [0.2, 0.25) is 5.91 Å². The second kappa shape index (κ2) is 13.0. The van der Waals surface area contributed by atoms with Crippen LogP contribution in [0, 0.1) is 0 Å². The zero-order chi connectivity index (χ0) is 26.2. The summed E-state index contributed by atoms with van der Waals surface area (Å²) < 4.78 is 10.7. The van der Waals surface area contributed by atoms with Gasteiger partial charge in [0.1, 0.15) is 17.2 Å². The molecule has 12 heteroatoms. The Morgan fingerprint density at radius 3 is 2.68 bits per heavy atom. The van der Waals surface area contributed by atoms with E-state index in [4.69, 9.17) is 21.1 Å². The SMILES string of the molecule is CCOC(=O)[C@H](Cc1ccc(OC(=O)N2CCN(c3ccccn3)CC2)c(Cl)c1)NC(=O)[C@H]1NCCS1. The number of thioether (sulfide) groups is 1. The number of nitrogens with zero attached hydrogens (tertiary/aromatic N) is 3. The predicted molar refractivity (Wildman–Crippen MR) is 142 cm³/mol. The highest BCUT2D eigenvalue weighted by atomic mass is 35.5. The van der Waals surface area contributed by atoms with Crippen molar-refractivity contribution in [3.05, 3.63) is 53.2 Å². The Morgan fingerprint density at radius 1 is 1.22 bits per heavy atom. The number of nitrogens with one attached hydrogen (secondary N) is 2. The predicted octanol–water partition coefficient (Wildman–Crippen LogP) is 2.31. The molecule has 0 spiro atoms. The summed E-state index contributed by atoms with van der Waals surface area (Å²) >= 11 is 7.91. The number of anilines is 1. The van der Waals surface area contributed by atoms with Crippen molar-refractivity contribution in [3.63, 3.8) is 0 Å². The summed E-state index contributed by atoms with van der Waals surface area (Å²) in [7, 11) is 0.